The van der Waals surface area contributed by atoms with Crippen LogP contribution in [0, 0.1) is 6.92 Å². The third-order valence-electron chi connectivity index (χ3n) is 6.46. The van der Waals surface area contributed by atoms with Crippen molar-refractivity contribution < 1.29 is 14.1 Å². The molecule has 0 aliphatic carbocycles. The number of nitrogens with two attached hydrogens (primary N) is 1. The van der Waals surface area contributed by atoms with E-state index in [1.165, 1.54) is 4.40 Å². The van der Waals surface area contributed by atoms with E-state index in [0.717, 1.165) is 24.2 Å². The summed E-state index contributed by atoms with van der Waals surface area (Å²) in [7, 11) is 0. The molecule has 0 unspecified atom stereocenters. The molecular weight excluding hydrogens is 444 g/mol. The number of nitrogens with zero attached hydrogens (tertiary/aromatic N) is 4. The summed E-state index contributed by atoms with van der Waals surface area (Å²) >= 11 is 0. The first-order valence-corrected chi connectivity index (χ1v) is 11.8. The van der Waals surface area contributed by atoms with Gasteiger partial charge in [0, 0.05) is 37.9 Å². The zero-order valence-corrected chi connectivity index (χ0v) is 19.7. The molecule has 4 heterocycles. The number of aromatic nitrogens is 3. The highest BCUT2D eigenvalue weighted by atomic mass is 16.5. The summed E-state index contributed by atoms with van der Waals surface area (Å²) in [5.41, 5.74) is 9.53. The third kappa shape index (κ3) is 4.60. The van der Waals surface area contributed by atoms with Crippen molar-refractivity contribution in [2.24, 2.45) is 0 Å². The minimum absolute atomic E-state index is 0.231. The van der Waals surface area contributed by atoms with Crippen molar-refractivity contribution >= 4 is 28.4 Å². The average molecular weight is 474 g/mol. The molecule has 1 fully saturated rings. The maximum Gasteiger partial charge on any atom is 0.278 e. The lowest BCUT2D eigenvalue weighted by Crippen LogP contribution is -2.48. The van der Waals surface area contributed by atoms with Crippen LogP contribution in [0.3, 0.4) is 0 Å². The van der Waals surface area contributed by atoms with E-state index in [1.807, 2.05) is 49.4 Å². The number of fused-ring (bicyclic) bond motifs is 2. The Morgan fingerprint density at radius 1 is 1.17 bits per heavy atom. The maximum atomic E-state index is 13.5. The third-order valence-corrected chi connectivity index (χ3v) is 6.46. The Hall–Kier alpha value is -3.82. The molecule has 1 aromatic carbocycles. The molecule has 5 rings (SSSR count). The number of morpholine rings is 1. The van der Waals surface area contributed by atoms with Crippen molar-refractivity contribution in [1.29, 1.82) is 0 Å². The molecule has 9 heteroatoms. The Morgan fingerprint density at radius 3 is 2.71 bits per heavy atom. The van der Waals surface area contributed by atoms with Gasteiger partial charge in [-0.2, -0.15) is 0 Å². The molecule has 3 aromatic heterocycles. The van der Waals surface area contributed by atoms with Gasteiger partial charge >= 0.3 is 0 Å². The van der Waals surface area contributed by atoms with Gasteiger partial charge in [-0.05, 0) is 24.6 Å². The first-order chi connectivity index (χ1) is 17.0. The molecule has 1 aliphatic rings. The van der Waals surface area contributed by atoms with Gasteiger partial charge in [0.2, 0.25) is 11.5 Å². The molecule has 1 saturated heterocycles. The predicted molar refractivity (Wildman–Crippen MR) is 133 cm³/mol. The largest absolute Gasteiger partial charge is 0.379 e. The number of rotatable bonds is 6. The predicted octanol–water partition coefficient (Wildman–Crippen LogP) is 1.29. The van der Waals surface area contributed by atoms with Gasteiger partial charge < -0.3 is 15.8 Å². The molecule has 3 N–H and O–H groups in total. The van der Waals surface area contributed by atoms with E-state index in [2.05, 4.69) is 10.2 Å². The Labute approximate surface area is 202 Å². The number of carbonyl (C=O) groups is 1. The lowest BCUT2D eigenvalue weighted by atomic mass is 10.1. The number of carbonyl (C=O) groups excluding carboxylic acids is 1. The molecule has 0 saturated carbocycles. The van der Waals surface area contributed by atoms with E-state index in [1.54, 1.807) is 16.8 Å². The number of nitrogen functional groups attached to an aromatic ring is 1. The number of hydrogen-bond donors (Lipinski definition) is 2. The summed E-state index contributed by atoms with van der Waals surface area (Å²) in [5, 5.41) is 3.29. The summed E-state index contributed by atoms with van der Waals surface area (Å²) in [6.45, 7) is 6.51. The fraction of sp³-hybridized carbons (Fsp3) is 0.308. The molecule has 9 nitrogen and oxygen atoms in total. The first kappa shape index (κ1) is 22.9. The second-order valence-electron chi connectivity index (χ2n) is 8.76. The number of amides is 1. The maximum absolute atomic E-state index is 13.5. The topological polar surface area (TPSA) is 106 Å². The minimum atomic E-state index is -0.331. The van der Waals surface area contributed by atoms with Gasteiger partial charge in [0.25, 0.3) is 17.1 Å². The lowest BCUT2D eigenvalue weighted by Gasteiger charge is -2.26. The zero-order chi connectivity index (χ0) is 24.4. The fourth-order valence-electron chi connectivity index (χ4n) is 4.46. The number of pyridine rings is 2. The Balaban J connectivity index is 1.59. The molecule has 180 valence electrons. The van der Waals surface area contributed by atoms with E-state index in [9.17, 15) is 9.59 Å². The number of hydrogen-bond acceptors (Lipinski definition) is 6. The van der Waals surface area contributed by atoms with Crippen LogP contribution in [0.4, 0.5) is 5.82 Å². The average Bonchev–Trinajstić information content (AvgIpc) is 2.88. The van der Waals surface area contributed by atoms with Gasteiger partial charge in [0.1, 0.15) is 10.9 Å². The van der Waals surface area contributed by atoms with Gasteiger partial charge in [0.15, 0.2) is 0 Å². The van der Waals surface area contributed by atoms with Crippen LogP contribution in [0.15, 0.2) is 59.5 Å². The van der Waals surface area contributed by atoms with E-state index < -0.39 is 0 Å². The highest BCUT2D eigenvalue weighted by molar-refractivity contribution is 6.00. The summed E-state index contributed by atoms with van der Waals surface area (Å²) < 4.78 is 8.78. The number of ether oxygens (including phenoxy) is 1. The number of aryl methyl sites for hydroxylation is 1. The van der Waals surface area contributed by atoms with Gasteiger partial charge in [-0.1, -0.05) is 41.4 Å². The van der Waals surface area contributed by atoms with Crippen molar-refractivity contribution in [2.45, 2.75) is 20.0 Å². The highest BCUT2D eigenvalue weighted by Crippen LogP contribution is 2.16. The van der Waals surface area contributed by atoms with Crippen molar-refractivity contribution in [2.75, 3.05) is 38.6 Å². The van der Waals surface area contributed by atoms with Crippen LogP contribution in [-0.4, -0.2) is 53.0 Å². The molecule has 0 radical (unpaired) electrons. The van der Waals surface area contributed by atoms with Crippen LogP contribution in [0.2, 0.25) is 0 Å². The molecule has 0 atom stereocenters. The van der Waals surface area contributed by atoms with Crippen molar-refractivity contribution in [1.82, 2.24) is 19.6 Å². The van der Waals surface area contributed by atoms with Crippen LogP contribution in [-0.2, 0) is 17.8 Å². The summed E-state index contributed by atoms with van der Waals surface area (Å²) in [6.07, 6.45) is 1.70. The fourth-order valence-corrected chi connectivity index (χ4v) is 4.46. The molecule has 4 aromatic rings. The van der Waals surface area contributed by atoms with Crippen molar-refractivity contribution in [3.05, 3.63) is 81.8 Å². The van der Waals surface area contributed by atoms with Crippen molar-refractivity contribution in [3.8, 4) is 0 Å². The molecule has 1 aliphatic heterocycles. The standard InChI is InChI=1S/C26H28N6O3/c1-18-6-5-9-32-23(18)29-24-21(26(32)34)16-20(25(33)28-17-19-7-3-2-4-8-19)22(27)31(24)11-10-30-12-14-35-15-13-30/h2-9,16,27H,10-15,17H2,1H3,(H,28,33)/p+1. The molecule has 35 heavy (non-hydrogen) atoms. The second kappa shape index (κ2) is 9.81. The van der Waals surface area contributed by atoms with Crippen LogP contribution in [0.1, 0.15) is 21.5 Å². The Bertz CT molecular complexity index is 1440. The SMILES string of the molecule is Cc1cccn2c(=O)c3cc(C(=O)NCc4ccccc4)c(N)[n+](CCN4CCOCC4)c3nc12. The normalized spacial score (nSPS) is 14.4. The summed E-state index contributed by atoms with van der Waals surface area (Å²) in [5.74, 6) is -0.0386. The Morgan fingerprint density at radius 2 is 1.94 bits per heavy atom. The van der Waals surface area contributed by atoms with Crippen LogP contribution in [0.25, 0.3) is 16.7 Å². The zero-order valence-electron chi connectivity index (χ0n) is 19.7. The summed E-state index contributed by atoms with van der Waals surface area (Å²) in [4.78, 5) is 33.8. The smallest absolute Gasteiger partial charge is 0.278 e. The van der Waals surface area contributed by atoms with Gasteiger partial charge in [-0.3, -0.25) is 18.9 Å². The molecular formula is C26H29N6O3+. The first-order valence-electron chi connectivity index (χ1n) is 11.8. The number of benzene rings is 1. The number of anilines is 1. The van der Waals surface area contributed by atoms with E-state index in [4.69, 9.17) is 15.5 Å². The Kier molecular flexibility index (Phi) is 6.43. The second-order valence-corrected chi connectivity index (χ2v) is 8.76. The van der Waals surface area contributed by atoms with Gasteiger partial charge in [0.05, 0.1) is 19.8 Å². The van der Waals surface area contributed by atoms with Gasteiger partial charge in [-0.15, -0.1) is 0 Å². The highest BCUT2D eigenvalue weighted by Gasteiger charge is 2.25. The molecule has 0 spiro atoms. The van der Waals surface area contributed by atoms with E-state index in [-0.39, 0.29) is 17.0 Å². The van der Waals surface area contributed by atoms with Crippen LogP contribution >= 0.6 is 0 Å². The monoisotopic (exact) mass is 473 g/mol. The summed E-state index contributed by atoms with van der Waals surface area (Å²) in [6, 6.07) is 15.0. The van der Waals surface area contributed by atoms with E-state index in [0.29, 0.717) is 55.3 Å². The van der Waals surface area contributed by atoms with E-state index >= 15 is 0 Å². The van der Waals surface area contributed by atoms with Gasteiger partial charge in [-0.25, -0.2) is 4.57 Å². The minimum Gasteiger partial charge on any atom is -0.379 e. The lowest BCUT2D eigenvalue weighted by molar-refractivity contribution is -0.658. The van der Waals surface area contributed by atoms with Crippen molar-refractivity contribution in [3.63, 3.8) is 0 Å². The quantitative estimate of drug-likeness (QED) is 0.323. The molecule has 1 amide bonds. The van der Waals surface area contributed by atoms with Crippen LogP contribution in [0.5, 0.6) is 0 Å². The molecule has 0 bridgehead atoms. The van der Waals surface area contributed by atoms with Crippen LogP contribution < -0.4 is 21.2 Å². The number of nitrogens with one attached hydrogen (secondary N) is 1.